The Morgan fingerprint density at radius 1 is 0.943 bits per heavy atom. The van der Waals surface area contributed by atoms with E-state index in [4.69, 9.17) is 4.74 Å². The predicted octanol–water partition coefficient (Wildman–Crippen LogP) is 3.75. The van der Waals surface area contributed by atoms with Gasteiger partial charge in [-0.3, -0.25) is 14.4 Å². The predicted molar refractivity (Wildman–Crippen MR) is 134 cm³/mol. The first-order chi connectivity index (χ1) is 17.0. The Morgan fingerprint density at radius 3 is 2.43 bits per heavy atom. The van der Waals surface area contributed by atoms with Crippen LogP contribution in [0.2, 0.25) is 0 Å². The minimum absolute atomic E-state index is 0.0968. The number of anilines is 1. The van der Waals surface area contributed by atoms with Gasteiger partial charge in [0.2, 0.25) is 5.91 Å². The number of hydrogen-bond donors (Lipinski definition) is 1. The first-order valence-electron chi connectivity index (χ1n) is 12.0. The molecule has 0 spiro atoms. The molecule has 7 heteroatoms. The topological polar surface area (TPSA) is 80.6 Å². The van der Waals surface area contributed by atoms with Crippen LogP contribution in [0.4, 0.5) is 5.69 Å². The van der Waals surface area contributed by atoms with Crippen molar-refractivity contribution in [1.82, 2.24) is 9.47 Å². The Hall–Kier alpha value is -3.71. The smallest absolute Gasteiger partial charge is 0.274 e. The molecule has 180 valence electrons. The van der Waals surface area contributed by atoms with E-state index in [0.29, 0.717) is 38.2 Å². The molecule has 2 bridgehead atoms. The summed E-state index contributed by atoms with van der Waals surface area (Å²) in [6.45, 7) is 2.22. The van der Waals surface area contributed by atoms with E-state index in [-0.39, 0.29) is 34.9 Å². The van der Waals surface area contributed by atoms with Crippen molar-refractivity contribution < 1.29 is 14.3 Å². The first kappa shape index (κ1) is 23.1. The number of hydrogen-bond acceptors (Lipinski definition) is 4. The van der Waals surface area contributed by atoms with Gasteiger partial charge in [0.25, 0.3) is 11.5 Å². The lowest BCUT2D eigenvalue weighted by atomic mass is 9.83. The van der Waals surface area contributed by atoms with Crippen LogP contribution in [-0.2, 0) is 16.1 Å². The fourth-order valence-corrected chi connectivity index (χ4v) is 5.23. The fraction of sp³-hybridized carbons (Fsp3) is 0.321. The molecule has 1 saturated heterocycles. The third kappa shape index (κ3) is 4.77. The highest BCUT2D eigenvalue weighted by molar-refractivity contribution is 6.04. The van der Waals surface area contributed by atoms with Gasteiger partial charge >= 0.3 is 0 Å². The third-order valence-electron chi connectivity index (χ3n) is 6.98. The molecule has 1 fully saturated rings. The largest absolute Gasteiger partial charge is 0.384 e. The van der Waals surface area contributed by atoms with Crippen LogP contribution < -0.4 is 10.9 Å². The summed E-state index contributed by atoms with van der Waals surface area (Å²) in [5.41, 5.74) is 3.62. The van der Waals surface area contributed by atoms with Gasteiger partial charge in [-0.05, 0) is 47.7 Å². The molecule has 0 aliphatic carbocycles. The summed E-state index contributed by atoms with van der Waals surface area (Å²) in [4.78, 5) is 40.5. The number of likely N-dealkylation sites (tertiary alicyclic amines) is 1. The van der Waals surface area contributed by atoms with Crippen molar-refractivity contribution in [2.75, 3.05) is 32.1 Å². The molecule has 2 amide bonds. The highest BCUT2D eigenvalue weighted by Crippen LogP contribution is 2.35. The Labute approximate surface area is 204 Å². The summed E-state index contributed by atoms with van der Waals surface area (Å²) in [6, 6.07) is 20.9. The van der Waals surface area contributed by atoms with Crippen molar-refractivity contribution in [3.8, 4) is 11.1 Å². The van der Waals surface area contributed by atoms with Crippen molar-refractivity contribution in [3.63, 3.8) is 0 Å². The maximum absolute atomic E-state index is 13.3. The van der Waals surface area contributed by atoms with Gasteiger partial charge in [0, 0.05) is 43.9 Å². The number of methoxy groups -OCH3 is 1. The number of ether oxygens (including phenoxy) is 1. The number of fused-ring (bicyclic) bond motifs is 4. The van der Waals surface area contributed by atoms with Gasteiger partial charge in [-0.15, -0.1) is 0 Å². The van der Waals surface area contributed by atoms with Gasteiger partial charge in [0.05, 0.1) is 13.0 Å². The number of nitrogens with zero attached hydrogens (tertiary/aromatic N) is 2. The van der Waals surface area contributed by atoms with Crippen LogP contribution >= 0.6 is 0 Å². The van der Waals surface area contributed by atoms with E-state index in [1.165, 1.54) is 0 Å². The Balaban J connectivity index is 1.31. The number of amides is 2. The Bertz CT molecular complexity index is 1280. The van der Waals surface area contributed by atoms with Crippen molar-refractivity contribution in [1.29, 1.82) is 0 Å². The molecule has 35 heavy (non-hydrogen) atoms. The standard InChI is InChI=1S/C28H29N3O4/c1-35-14-13-26(32)30-16-19-15-23(18-30)25-12-11-24(28(34)31(25)17-19)29-27(33)22-9-7-21(8-10-22)20-5-3-2-4-6-20/h2-12,19,23H,13-18H2,1H3,(H,29,33)/t19-,23+/m0/s1. The van der Waals surface area contributed by atoms with E-state index < -0.39 is 0 Å². The normalized spacial score (nSPS) is 18.6. The zero-order valence-electron chi connectivity index (χ0n) is 19.8. The second-order valence-electron chi connectivity index (χ2n) is 9.33. The zero-order valence-corrected chi connectivity index (χ0v) is 19.8. The highest BCUT2D eigenvalue weighted by atomic mass is 16.5. The average molecular weight is 472 g/mol. The van der Waals surface area contributed by atoms with Gasteiger partial charge in [0.1, 0.15) is 5.69 Å². The number of carbonyl (C=O) groups excluding carboxylic acids is 2. The van der Waals surface area contributed by atoms with Crippen molar-refractivity contribution >= 4 is 17.5 Å². The van der Waals surface area contributed by atoms with Crippen LogP contribution in [0.25, 0.3) is 11.1 Å². The summed E-state index contributed by atoms with van der Waals surface area (Å²) < 4.78 is 6.83. The molecule has 3 heterocycles. The van der Waals surface area contributed by atoms with Crippen molar-refractivity contribution in [2.45, 2.75) is 25.3 Å². The Kier molecular flexibility index (Phi) is 6.51. The number of nitrogens with one attached hydrogen (secondary N) is 1. The summed E-state index contributed by atoms with van der Waals surface area (Å²) in [7, 11) is 1.59. The summed E-state index contributed by atoms with van der Waals surface area (Å²) >= 11 is 0. The molecule has 5 rings (SSSR count). The molecule has 2 aromatic carbocycles. The summed E-state index contributed by atoms with van der Waals surface area (Å²) in [5, 5.41) is 2.80. The molecular weight excluding hydrogens is 442 g/mol. The maximum Gasteiger partial charge on any atom is 0.274 e. The van der Waals surface area contributed by atoms with Crippen LogP contribution in [-0.4, -0.2) is 48.1 Å². The van der Waals surface area contributed by atoms with Crippen LogP contribution in [0.5, 0.6) is 0 Å². The van der Waals surface area contributed by atoms with E-state index in [2.05, 4.69) is 5.32 Å². The second kappa shape index (κ2) is 9.88. The van der Waals surface area contributed by atoms with E-state index in [0.717, 1.165) is 23.2 Å². The van der Waals surface area contributed by atoms with E-state index >= 15 is 0 Å². The zero-order chi connectivity index (χ0) is 24.4. The molecule has 3 aromatic rings. The molecule has 0 radical (unpaired) electrons. The van der Waals surface area contributed by atoms with E-state index in [9.17, 15) is 14.4 Å². The van der Waals surface area contributed by atoms with Gasteiger partial charge in [0.15, 0.2) is 0 Å². The van der Waals surface area contributed by atoms with Crippen LogP contribution in [0, 0.1) is 5.92 Å². The SMILES string of the molecule is COCCC(=O)N1C[C@@H]2C[C@H](C1)c1ccc(NC(=O)c3ccc(-c4ccccc4)cc3)c(=O)n1C2. The van der Waals surface area contributed by atoms with E-state index in [1.807, 2.05) is 53.4 Å². The minimum atomic E-state index is -0.312. The van der Waals surface area contributed by atoms with Crippen LogP contribution in [0.3, 0.4) is 0 Å². The summed E-state index contributed by atoms with van der Waals surface area (Å²) in [6.07, 6.45) is 1.34. The molecule has 1 N–H and O–H groups in total. The summed E-state index contributed by atoms with van der Waals surface area (Å²) in [5.74, 6) is 0.131. The van der Waals surface area contributed by atoms with Gasteiger partial charge in [-0.1, -0.05) is 42.5 Å². The molecule has 2 aliphatic rings. The number of carbonyl (C=O) groups is 2. The number of piperidine rings is 1. The first-order valence-corrected chi connectivity index (χ1v) is 12.0. The molecule has 7 nitrogen and oxygen atoms in total. The Morgan fingerprint density at radius 2 is 1.69 bits per heavy atom. The van der Waals surface area contributed by atoms with Gasteiger partial charge < -0.3 is 19.5 Å². The minimum Gasteiger partial charge on any atom is -0.384 e. The van der Waals surface area contributed by atoms with Crippen LogP contribution in [0.15, 0.2) is 71.5 Å². The lowest BCUT2D eigenvalue weighted by Crippen LogP contribution is -2.49. The van der Waals surface area contributed by atoms with Crippen LogP contribution in [0.1, 0.15) is 34.8 Å². The van der Waals surface area contributed by atoms with Crippen molar-refractivity contribution in [3.05, 3.63) is 88.3 Å². The molecule has 2 atom stereocenters. The maximum atomic E-state index is 13.3. The molecular formula is C28H29N3O4. The lowest BCUT2D eigenvalue weighted by molar-refractivity contribution is -0.134. The third-order valence-corrected chi connectivity index (χ3v) is 6.98. The molecule has 0 saturated carbocycles. The second-order valence-corrected chi connectivity index (χ2v) is 9.33. The number of aromatic nitrogens is 1. The fourth-order valence-electron chi connectivity index (χ4n) is 5.23. The van der Waals surface area contributed by atoms with Gasteiger partial charge in [-0.2, -0.15) is 0 Å². The lowest BCUT2D eigenvalue weighted by Gasteiger charge is -2.43. The van der Waals surface area contributed by atoms with E-state index in [1.54, 1.807) is 29.9 Å². The number of benzene rings is 2. The number of pyridine rings is 1. The number of rotatable bonds is 6. The van der Waals surface area contributed by atoms with Gasteiger partial charge in [-0.25, -0.2) is 0 Å². The molecule has 0 unspecified atom stereocenters. The highest BCUT2D eigenvalue weighted by Gasteiger charge is 2.36. The quantitative estimate of drug-likeness (QED) is 0.594. The molecule has 2 aliphatic heterocycles. The van der Waals surface area contributed by atoms with Crippen molar-refractivity contribution in [2.24, 2.45) is 5.92 Å². The average Bonchev–Trinajstić information content (AvgIpc) is 2.89. The molecule has 1 aromatic heterocycles. The monoisotopic (exact) mass is 471 g/mol.